The summed E-state index contributed by atoms with van der Waals surface area (Å²) in [7, 11) is -6.17. The smallest absolute Gasteiger partial charge is 0.438 e. The van der Waals surface area contributed by atoms with Crippen molar-refractivity contribution in [1.29, 1.82) is 0 Å². The molecule has 1 aromatic rings. The van der Waals surface area contributed by atoms with E-state index in [1.807, 2.05) is 0 Å². The molecule has 2 amide bonds. The van der Waals surface area contributed by atoms with Gasteiger partial charge >= 0.3 is 23.9 Å². The first kappa shape index (κ1) is 25.3. The molecule has 32 heavy (non-hydrogen) atoms. The van der Waals surface area contributed by atoms with Crippen molar-refractivity contribution in [2.75, 3.05) is 10.7 Å². The molecule has 0 aliphatic carbocycles. The zero-order valence-corrected chi connectivity index (χ0v) is 16.8. The van der Waals surface area contributed by atoms with Gasteiger partial charge in [0.1, 0.15) is 0 Å². The molecule has 1 aromatic carbocycles. The number of hydrogen-bond donors (Lipinski definition) is 0. The number of carbonyl (C=O) groups is 3. The first-order valence-electron chi connectivity index (χ1n) is 8.29. The van der Waals surface area contributed by atoms with Crippen LogP contribution in [0.25, 0.3) is 0 Å². The number of esters is 1. The number of rotatable bonds is 5. The molecule has 2 rings (SSSR count). The minimum Gasteiger partial charge on any atom is -0.748 e. The standard InChI is InChI=1S/C17H13F6NO7S/c1-8-9(2)13(26)24(12(8)25)11-5-3-10(4-6-11)14(27)31-15(16(18,19)20,17(21,22)23)7-32(28,29)30/h3-6H,7H2,1-2H3,(H,28,29,30)/p-1. The van der Waals surface area contributed by atoms with Gasteiger partial charge in [0.25, 0.3) is 11.8 Å². The second-order valence-electron chi connectivity index (χ2n) is 6.66. The lowest BCUT2D eigenvalue weighted by Crippen LogP contribution is -2.63. The zero-order valence-electron chi connectivity index (χ0n) is 16.0. The van der Waals surface area contributed by atoms with Crippen LogP contribution in [0.1, 0.15) is 24.2 Å². The number of nitrogens with zero attached hydrogens (tertiary/aromatic N) is 1. The van der Waals surface area contributed by atoms with E-state index in [0.29, 0.717) is 17.0 Å². The van der Waals surface area contributed by atoms with Crippen LogP contribution in [0.2, 0.25) is 0 Å². The molecule has 0 bridgehead atoms. The van der Waals surface area contributed by atoms with Crippen LogP contribution in [-0.4, -0.2) is 54.5 Å². The number of anilines is 1. The van der Waals surface area contributed by atoms with Crippen molar-refractivity contribution in [1.82, 2.24) is 0 Å². The van der Waals surface area contributed by atoms with Crippen LogP contribution in [0.15, 0.2) is 35.4 Å². The van der Waals surface area contributed by atoms with Gasteiger partial charge in [0, 0.05) is 11.1 Å². The number of halogens is 6. The second-order valence-corrected chi connectivity index (χ2v) is 8.06. The Labute approximate surface area is 176 Å². The fourth-order valence-corrected chi connectivity index (χ4v) is 3.55. The van der Waals surface area contributed by atoms with Crippen LogP contribution in [0, 0.1) is 0 Å². The van der Waals surface area contributed by atoms with Crippen molar-refractivity contribution in [3.63, 3.8) is 0 Å². The molecule has 0 unspecified atom stereocenters. The van der Waals surface area contributed by atoms with E-state index in [4.69, 9.17) is 0 Å². The van der Waals surface area contributed by atoms with Crippen LogP contribution in [-0.2, 0) is 24.4 Å². The molecule has 15 heteroatoms. The number of benzene rings is 1. The molecule has 1 aliphatic rings. The Morgan fingerprint density at radius 1 is 0.938 bits per heavy atom. The number of amides is 2. The molecule has 0 saturated heterocycles. The normalized spacial score (nSPS) is 16.1. The molecular formula is C17H12F6NO7S-. The average molecular weight is 488 g/mol. The highest BCUT2D eigenvalue weighted by atomic mass is 32.2. The van der Waals surface area contributed by atoms with E-state index >= 15 is 0 Å². The predicted octanol–water partition coefficient (Wildman–Crippen LogP) is 2.46. The topological polar surface area (TPSA) is 121 Å². The molecule has 0 N–H and O–H groups in total. The van der Waals surface area contributed by atoms with Crippen molar-refractivity contribution in [2.24, 2.45) is 0 Å². The molecular weight excluding hydrogens is 476 g/mol. The van der Waals surface area contributed by atoms with E-state index in [1.165, 1.54) is 13.8 Å². The van der Waals surface area contributed by atoms with E-state index in [-0.39, 0.29) is 16.8 Å². The Morgan fingerprint density at radius 3 is 1.69 bits per heavy atom. The van der Waals surface area contributed by atoms with Gasteiger partial charge in [-0.25, -0.2) is 18.1 Å². The summed E-state index contributed by atoms with van der Waals surface area (Å²) in [6.07, 6.45) is -13.0. The highest BCUT2D eigenvalue weighted by molar-refractivity contribution is 7.85. The lowest BCUT2D eigenvalue weighted by atomic mass is 10.1. The minimum atomic E-state index is -6.51. The number of hydrogen-bond acceptors (Lipinski definition) is 7. The number of imide groups is 1. The molecule has 0 atom stereocenters. The Bertz CT molecular complexity index is 1070. The third-order valence-corrected chi connectivity index (χ3v) is 5.29. The fourth-order valence-electron chi connectivity index (χ4n) is 2.67. The van der Waals surface area contributed by atoms with Crippen molar-refractivity contribution < 1.29 is 58.4 Å². The van der Waals surface area contributed by atoms with Gasteiger partial charge in [-0.2, -0.15) is 26.3 Å². The van der Waals surface area contributed by atoms with Gasteiger partial charge in [-0.1, -0.05) is 0 Å². The summed E-state index contributed by atoms with van der Waals surface area (Å²) in [6.45, 7) is 2.72. The van der Waals surface area contributed by atoms with Crippen LogP contribution in [0.5, 0.6) is 0 Å². The Kier molecular flexibility index (Phi) is 6.24. The van der Waals surface area contributed by atoms with Crippen molar-refractivity contribution in [3.8, 4) is 0 Å². The van der Waals surface area contributed by atoms with E-state index in [1.54, 1.807) is 0 Å². The Hall–Kier alpha value is -2.94. The summed E-state index contributed by atoms with van der Waals surface area (Å²) >= 11 is 0. The maximum Gasteiger partial charge on any atom is 0.438 e. The highest BCUT2D eigenvalue weighted by Crippen LogP contribution is 2.47. The Morgan fingerprint density at radius 2 is 1.34 bits per heavy atom. The van der Waals surface area contributed by atoms with E-state index < -0.39 is 57.2 Å². The summed E-state index contributed by atoms with van der Waals surface area (Å²) in [5.41, 5.74) is -6.45. The molecule has 0 spiro atoms. The van der Waals surface area contributed by atoms with Crippen molar-refractivity contribution >= 4 is 33.6 Å². The van der Waals surface area contributed by atoms with Gasteiger partial charge in [0.05, 0.1) is 27.1 Å². The average Bonchev–Trinajstić information content (AvgIpc) is 2.81. The van der Waals surface area contributed by atoms with Crippen LogP contribution in [0.3, 0.4) is 0 Å². The number of ether oxygens (including phenoxy) is 1. The minimum absolute atomic E-state index is 0.109. The summed E-state index contributed by atoms with van der Waals surface area (Å²) in [5.74, 6) is -6.83. The quantitative estimate of drug-likeness (QED) is 0.270. The zero-order chi connectivity index (χ0) is 24.9. The third-order valence-electron chi connectivity index (χ3n) is 4.53. The van der Waals surface area contributed by atoms with Gasteiger partial charge in [-0.3, -0.25) is 9.59 Å². The van der Waals surface area contributed by atoms with Gasteiger partial charge in [-0.05, 0) is 38.1 Å². The Balaban J connectivity index is 2.41. The van der Waals surface area contributed by atoms with Gasteiger partial charge in [0.15, 0.2) is 0 Å². The SMILES string of the molecule is CC1=C(C)C(=O)N(c2ccc(C(=O)OC(CS(=O)(=O)[O-])(C(F)(F)F)C(F)(F)F)cc2)C1=O. The molecule has 176 valence electrons. The monoisotopic (exact) mass is 488 g/mol. The van der Waals surface area contributed by atoms with Crippen molar-refractivity contribution in [3.05, 3.63) is 41.0 Å². The number of carbonyl (C=O) groups excluding carboxylic acids is 3. The maximum atomic E-state index is 13.2. The van der Waals surface area contributed by atoms with Crippen LogP contribution >= 0.6 is 0 Å². The van der Waals surface area contributed by atoms with E-state index in [2.05, 4.69) is 4.74 Å². The maximum absolute atomic E-state index is 13.2. The second kappa shape index (κ2) is 7.88. The first-order chi connectivity index (χ1) is 14.3. The predicted molar refractivity (Wildman–Crippen MR) is 92.1 cm³/mol. The fraction of sp³-hybridized carbons (Fsp3) is 0.353. The largest absolute Gasteiger partial charge is 0.748 e. The van der Waals surface area contributed by atoms with Crippen molar-refractivity contribution in [2.45, 2.75) is 31.8 Å². The summed E-state index contributed by atoms with van der Waals surface area (Å²) < 4.78 is 115. The molecule has 0 aromatic heterocycles. The molecule has 0 fully saturated rings. The molecule has 0 saturated carbocycles. The summed E-state index contributed by atoms with van der Waals surface area (Å²) in [6, 6.07) is 3.08. The lowest BCUT2D eigenvalue weighted by Gasteiger charge is -2.36. The molecule has 8 nitrogen and oxygen atoms in total. The highest BCUT2D eigenvalue weighted by Gasteiger charge is 2.75. The lowest BCUT2D eigenvalue weighted by molar-refractivity contribution is -0.356. The summed E-state index contributed by atoms with van der Waals surface area (Å²) in [5, 5.41) is 0. The first-order valence-corrected chi connectivity index (χ1v) is 9.87. The number of alkyl halides is 6. The van der Waals surface area contributed by atoms with Crippen LogP contribution < -0.4 is 4.90 Å². The van der Waals surface area contributed by atoms with Gasteiger partial charge < -0.3 is 9.29 Å². The molecule has 1 aliphatic heterocycles. The van der Waals surface area contributed by atoms with E-state index in [9.17, 15) is 53.7 Å². The third kappa shape index (κ3) is 4.48. The molecule has 0 radical (unpaired) electrons. The van der Waals surface area contributed by atoms with Crippen LogP contribution in [0.4, 0.5) is 32.0 Å². The van der Waals surface area contributed by atoms with Gasteiger partial charge in [0.2, 0.25) is 0 Å². The summed E-state index contributed by atoms with van der Waals surface area (Å²) in [4.78, 5) is 36.9. The molecule has 1 heterocycles. The van der Waals surface area contributed by atoms with E-state index in [0.717, 1.165) is 12.1 Å². The van der Waals surface area contributed by atoms with Gasteiger partial charge in [-0.15, -0.1) is 0 Å².